The number of rotatable bonds is 3. The molecule has 1 aromatic rings. The largest absolute Gasteiger partial charge is 0.480 e. The van der Waals surface area contributed by atoms with Gasteiger partial charge in [0.2, 0.25) is 0 Å². The van der Waals surface area contributed by atoms with Crippen LogP contribution < -0.4 is 5.73 Å². The zero-order valence-electron chi connectivity index (χ0n) is 7.52. The van der Waals surface area contributed by atoms with Gasteiger partial charge in [0.1, 0.15) is 12.1 Å². The van der Waals surface area contributed by atoms with Crippen molar-refractivity contribution in [2.75, 3.05) is 0 Å². The van der Waals surface area contributed by atoms with E-state index in [2.05, 4.69) is 0 Å². The van der Waals surface area contributed by atoms with Crippen molar-refractivity contribution in [1.82, 2.24) is 0 Å². The fourth-order valence-electron chi connectivity index (χ4n) is 1.09. The van der Waals surface area contributed by atoms with Gasteiger partial charge >= 0.3 is 5.97 Å². The number of benzene rings is 1. The standard InChI is InChI=1S/C9H9Cl2NO3/c10-5-1-4(2-6(11)3-5)8(13)7(12)9(14)15/h1-3,7-8,13H,12H2,(H,14,15). The molecule has 0 saturated carbocycles. The van der Waals surface area contributed by atoms with Crippen LogP contribution in [0.1, 0.15) is 11.7 Å². The first-order valence-corrected chi connectivity index (χ1v) is 4.80. The summed E-state index contributed by atoms with van der Waals surface area (Å²) < 4.78 is 0. The van der Waals surface area contributed by atoms with Gasteiger partial charge in [0.05, 0.1) is 0 Å². The van der Waals surface area contributed by atoms with Gasteiger partial charge < -0.3 is 15.9 Å². The third-order valence-corrected chi connectivity index (χ3v) is 2.29. The fraction of sp³-hybridized carbons (Fsp3) is 0.222. The van der Waals surface area contributed by atoms with E-state index in [4.69, 9.17) is 34.0 Å². The predicted molar refractivity (Wildman–Crippen MR) is 57.0 cm³/mol. The predicted octanol–water partition coefficient (Wildman–Crippen LogP) is 1.44. The quantitative estimate of drug-likeness (QED) is 0.757. The molecule has 15 heavy (non-hydrogen) atoms. The second kappa shape index (κ2) is 4.81. The molecule has 0 aromatic heterocycles. The average Bonchev–Trinajstić information content (AvgIpc) is 2.13. The van der Waals surface area contributed by atoms with E-state index in [0.717, 1.165) is 0 Å². The maximum Gasteiger partial charge on any atom is 0.323 e. The Kier molecular flexibility index (Phi) is 3.93. The van der Waals surface area contributed by atoms with E-state index in [0.29, 0.717) is 10.0 Å². The van der Waals surface area contributed by atoms with Crippen LogP contribution in [0.5, 0.6) is 0 Å². The SMILES string of the molecule is NC(C(=O)O)C(O)c1cc(Cl)cc(Cl)c1. The summed E-state index contributed by atoms with van der Waals surface area (Å²) in [6, 6.07) is 2.91. The van der Waals surface area contributed by atoms with Crippen molar-refractivity contribution >= 4 is 29.2 Å². The second-order valence-corrected chi connectivity index (χ2v) is 3.88. The molecule has 0 saturated heterocycles. The number of carbonyl (C=O) groups is 1. The number of aliphatic carboxylic acids is 1. The Morgan fingerprint density at radius 1 is 1.27 bits per heavy atom. The number of nitrogens with two attached hydrogens (primary N) is 1. The van der Waals surface area contributed by atoms with Crippen LogP contribution in [-0.2, 0) is 4.79 Å². The van der Waals surface area contributed by atoms with Crippen molar-refractivity contribution in [3.8, 4) is 0 Å². The lowest BCUT2D eigenvalue weighted by molar-refractivity contribution is -0.141. The summed E-state index contributed by atoms with van der Waals surface area (Å²) in [7, 11) is 0. The van der Waals surface area contributed by atoms with E-state index in [1.165, 1.54) is 18.2 Å². The number of aliphatic hydroxyl groups is 1. The highest BCUT2D eigenvalue weighted by molar-refractivity contribution is 6.34. The van der Waals surface area contributed by atoms with Crippen LogP contribution in [0.15, 0.2) is 18.2 Å². The Bertz CT molecular complexity index is 363. The number of hydrogen-bond donors (Lipinski definition) is 3. The van der Waals surface area contributed by atoms with E-state index in [1.807, 2.05) is 0 Å². The van der Waals surface area contributed by atoms with Gasteiger partial charge in [-0.15, -0.1) is 0 Å². The lowest BCUT2D eigenvalue weighted by Gasteiger charge is -2.15. The molecule has 0 spiro atoms. The minimum absolute atomic E-state index is 0.280. The highest BCUT2D eigenvalue weighted by atomic mass is 35.5. The van der Waals surface area contributed by atoms with E-state index in [1.54, 1.807) is 0 Å². The van der Waals surface area contributed by atoms with E-state index < -0.39 is 18.1 Å². The summed E-state index contributed by atoms with van der Waals surface area (Å²) >= 11 is 11.4. The van der Waals surface area contributed by atoms with Crippen LogP contribution in [0, 0.1) is 0 Å². The van der Waals surface area contributed by atoms with Crippen LogP contribution in [-0.4, -0.2) is 22.2 Å². The normalized spacial score (nSPS) is 14.7. The van der Waals surface area contributed by atoms with Crippen LogP contribution in [0.3, 0.4) is 0 Å². The summed E-state index contributed by atoms with van der Waals surface area (Å²) in [4.78, 5) is 10.5. The summed E-state index contributed by atoms with van der Waals surface area (Å²) in [6.45, 7) is 0. The number of carboxylic acids is 1. The Morgan fingerprint density at radius 2 is 1.73 bits per heavy atom. The van der Waals surface area contributed by atoms with Gasteiger partial charge in [-0.25, -0.2) is 0 Å². The molecule has 0 radical (unpaired) electrons. The van der Waals surface area contributed by atoms with E-state index in [-0.39, 0.29) is 5.56 Å². The molecule has 0 heterocycles. The van der Waals surface area contributed by atoms with Gasteiger partial charge in [0.25, 0.3) is 0 Å². The molecule has 0 amide bonds. The third kappa shape index (κ3) is 3.07. The van der Waals surface area contributed by atoms with Gasteiger partial charge in [-0.2, -0.15) is 0 Å². The molecule has 2 unspecified atom stereocenters. The average molecular weight is 250 g/mol. The highest BCUT2D eigenvalue weighted by Gasteiger charge is 2.23. The zero-order chi connectivity index (χ0) is 11.6. The van der Waals surface area contributed by atoms with Gasteiger partial charge in [-0.05, 0) is 23.8 Å². The second-order valence-electron chi connectivity index (χ2n) is 3.01. The minimum Gasteiger partial charge on any atom is -0.480 e. The van der Waals surface area contributed by atoms with Gasteiger partial charge in [-0.3, -0.25) is 4.79 Å². The van der Waals surface area contributed by atoms with Crippen molar-refractivity contribution in [2.45, 2.75) is 12.1 Å². The van der Waals surface area contributed by atoms with E-state index in [9.17, 15) is 9.90 Å². The molecule has 0 aliphatic heterocycles. The third-order valence-electron chi connectivity index (χ3n) is 1.85. The molecule has 1 rings (SSSR count). The molecule has 0 bridgehead atoms. The minimum atomic E-state index is -1.40. The fourth-order valence-corrected chi connectivity index (χ4v) is 1.63. The van der Waals surface area contributed by atoms with Crippen LogP contribution >= 0.6 is 23.2 Å². The van der Waals surface area contributed by atoms with E-state index >= 15 is 0 Å². The Balaban J connectivity index is 3.00. The molecule has 0 fully saturated rings. The first kappa shape index (κ1) is 12.3. The summed E-state index contributed by atoms with van der Waals surface area (Å²) in [5.74, 6) is -1.29. The van der Waals surface area contributed by atoms with Crippen molar-refractivity contribution in [3.05, 3.63) is 33.8 Å². The van der Waals surface area contributed by atoms with Crippen molar-refractivity contribution in [1.29, 1.82) is 0 Å². The number of halogens is 2. The summed E-state index contributed by atoms with van der Waals surface area (Å²) in [6.07, 6.45) is -1.33. The molecule has 0 aliphatic rings. The van der Waals surface area contributed by atoms with Crippen molar-refractivity contribution in [2.24, 2.45) is 5.73 Å². The topological polar surface area (TPSA) is 83.6 Å². The highest BCUT2D eigenvalue weighted by Crippen LogP contribution is 2.24. The maximum absolute atomic E-state index is 10.5. The molecular formula is C9H9Cl2NO3. The smallest absolute Gasteiger partial charge is 0.323 e. The Labute approximate surface area is 96.2 Å². The molecule has 2 atom stereocenters. The molecule has 6 heteroatoms. The van der Waals surface area contributed by atoms with Crippen molar-refractivity contribution in [3.63, 3.8) is 0 Å². The molecular weight excluding hydrogens is 241 g/mol. The lowest BCUT2D eigenvalue weighted by Crippen LogP contribution is -2.36. The summed E-state index contributed by atoms with van der Waals surface area (Å²) in [5.41, 5.74) is 5.54. The van der Waals surface area contributed by atoms with Crippen molar-refractivity contribution < 1.29 is 15.0 Å². The molecule has 0 aliphatic carbocycles. The zero-order valence-corrected chi connectivity index (χ0v) is 9.03. The van der Waals surface area contributed by atoms with Crippen LogP contribution in [0.4, 0.5) is 0 Å². The molecule has 82 valence electrons. The number of hydrogen-bond acceptors (Lipinski definition) is 3. The number of aliphatic hydroxyl groups excluding tert-OH is 1. The van der Waals surface area contributed by atoms with Crippen LogP contribution in [0.2, 0.25) is 10.0 Å². The monoisotopic (exact) mass is 249 g/mol. The van der Waals surface area contributed by atoms with Gasteiger partial charge in [0.15, 0.2) is 0 Å². The lowest BCUT2D eigenvalue weighted by atomic mass is 10.0. The van der Waals surface area contributed by atoms with Gasteiger partial charge in [0, 0.05) is 10.0 Å². The summed E-state index contributed by atoms with van der Waals surface area (Å²) in [5, 5.41) is 18.8. The molecule has 4 N–H and O–H groups in total. The number of carboxylic acid groups (broad SMARTS) is 1. The van der Waals surface area contributed by atoms with Gasteiger partial charge in [-0.1, -0.05) is 23.2 Å². The molecule has 4 nitrogen and oxygen atoms in total. The van der Waals surface area contributed by atoms with Crippen LogP contribution in [0.25, 0.3) is 0 Å². The molecule has 1 aromatic carbocycles. The first-order valence-electron chi connectivity index (χ1n) is 4.04. The Morgan fingerprint density at radius 3 is 2.13 bits per heavy atom. The maximum atomic E-state index is 10.5. The first-order chi connectivity index (χ1) is 6.91. The Hall–Kier alpha value is -0.810.